The maximum absolute atomic E-state index is 14.7. The summed E-state index contributed by atoms with van der Waals surface area (Å²) in [7, 11) is 0. The molecule has 1 fully saturated rings. The molecule has 1 aliphatic carbocycles. The van der Waals surface area contributed by atoms with Gasteiger partial charge in [-0.05, 0) is 42.5 Å². The van der Waals surface area contributed by atoms with Crippen molar-refractivity contribution in [3.05, 3.63) is 88.0 Å². The number of carbonyl (C=O) groups is 2. The van der Waals surface area contributed by atoms with Crippen LogP contribution in [-0.2, 0) is 11.3 Å². The number of aromatic hydroxyl groups is 1. The molecule has 1 aliphatic rings. The molecule has 0 aromatic heterocycles. The number of nitrogens with one attached hydrogen (secondary N) is 1. The van der Waals surface area contributed by atoms with Gasteiger partial charge >= 0.3 is 5.97 Å². The van der Waals surface area contributed by atoms with E-state index in [-0.39, 0.29) is 24.7 Å². The van der Waals surface area contributed by atoms with Crippen molar-refractivity contribution >= 4 is 30.2 Å². The number of carboxylic acids is 1. The van der Waals surface area contributed by atoms with Crippen molar-refractivity contribution < 1.29 is 46.1 Å². The molecule has 6 nitrogen and oxygen atoms in total. The van der Waals surface area contributed by atoms with Crippen LogP contribution in [0, 0.1) is 34.9 Å². The van der Waals surface area contributed by atoms with Gasteiger partial charge < -0.3 is 20.4 Å². The van der Waals surface area contributed by atoms with E-state index in [2.05, 4.69) is 30.1 Å². The monoisotopic (exact) mass is 658 g/mol. The number of rotatable bonds is 8. The first-order valence-electron chi connectivity index (χ1n) is 14.4. The second kappa shape index (κ2) is 17.7. The van der Waals surface area contributed by atoms with Gasteiger partial charge in [-0.25, -0.2) is 31.1 Å². The van der Waals surface area contributed by atoms with Crippen LogP contribution in [0.2, 0.25) is 0 Å². The van der Waals surface area contributed by atoms with Crippen LogP contribution in [0.3, 0.4) is 0 Å². The molecule has 0 saturated heterocycles. The normalized spacial score (nSPS) is 12.8. The zero-order valence-electron chi connectivity index (χ0n) is 25.1. The number of hydrogen-bond acceptors (Lipinski definition) is 5. The van der Waals surface area contributed by atoms with Gasteiger partial charge in [-0.2, -0.15) is 0 Å². The Bertz CT molecular complexity index is 1360. The highest BCUT2D eigenvalue weighted by atomic mass is 32.1. The highest BCUT2D eigenvalue weighted by Crippen LogP contribution is 2.33. The first-order valence-corrected chi connectivity index (χ1v) is 14.9. The van der Waals surface area contributed by atoms with Crippen molar-refractivity contribution in [2.45, 2.75) is 70.2 Å². The van der Waals surface area contributed by atoms with Gasteiger partial charge in [0.15, 0.2) is 23.3 Å². The van der Waals surface area contributed by atoms with Crippen molar-refractivity contribution in [1.82, 2.24) is 5.32 Å². The Balaban J connectivity index is 0.000000421. The van der Waals surface area contributed by atoms with Crippen molar-refractivity contribution in [3.8, 4) is 5.75 Å². The topological polar surface area (TPSA) is 89.9 Å². The van der Waals surface area contributed by atoms with E-state index in [1.807, 2.05) is 32.9 Å². The number of nitrogens with zero attached hydrogens (tertiary/aromatic N) is 1. The number of aromatic carboxylic acids is 1. The minimum Gasteiger partial charge on any atom is -0.507 e. The fourth-order valence-electron chi connectivity index (χ4n) is 4.67. The van der Waals surface area contributed by atoms with Gasteiger partial charge in [-0.3, -0.25) is 4.79 Å². The molecule has 0 atom stereocenters. The molecule has 4 rings (SSSR count). The number of likely N-dealkylation sites (N-methyl/N-ethyl adjacent to an activating group) is 1. The first kappa shape index (κ1) is 37.5. The van der Waals surface area contributed by atoms with Crippen LogP contribution >= 0.6 is 12.6 Å². The fourth-order valence-corrected chi connectivity index (χ4v) is 4.87. The lowest BCUT2D eigenvalue weighted by Crippen LogP contribution is -2.38. The van der Waals surface area contributed by atoms with Crippen LogP contribution < -0.4 is 10.2 Å². The van der Waals surface area contributed by atoms with Crippen molar-refractivity contribution in [1.29, 1.82) is 0 Å². The molecule has 13 heteroatoms. The summed E-state index contributed by atoms with van der Waals surface area (Å²) < 4.78 is 76.0. The molecule has 0 unspecified atom stereocenters. The Morgan fingerprint density at radius 2 is 1.42 bits per heavy atom. The van der Waals surface area contributed by atoms with Crippen molar-refractivity contribution in [3.63, 3.8) is 0 Å². The molecule has 0 spiro atoms. The van der Waals surface area contributed by atoms with E-state index in [4.69, 9.17) is 5.11 Å². The third-order valence-electron chi connectivity index (χ3n) is 7.00. The standard InChI is InChI=1S/C24H29FN2O4.C6HF5S.C2H6/c1-2-26-14-23(29)27(21-13-22(28)19(24(30)31)12-20(21)25)15-16-8-10-18(11-9-16)17-6-4-3-5-7-17;7-1-2(8)4(10)6(12)5(11)3(1)9;1-2/h8-13,17,26,28H,2-7,14-15H2,1H3,(H,30,31);12H;1-2H3. The number of phenols is 1. The van der Waals surface area contributed by atoms with Gasteiger partial charge in [0.1, 0.15) is 17.1 Å². The Morgan fingerprint density at radius 3 is 1.93 bits per heavy atom. The number of halogens is 6. The summed E-state index contributed by atoms with van der Waals surface area (Å²) in [4.78, 5) is 24.0. The maximum Gasteiger partial charge on any atom is 0.339 e. The average molecular weight is 659 g/mol. The molecule has 0 aliphatic heterocycles. The van der Waals surface area contributed by atoms with E-state index in [0.717, 1.165) is 17.7 Å². The zero-order chi connectivity index (χ0) is 33.8. The number of benzene rings is 3. The van der Waals surface area contributed by atoms with E-state index >= 15 is 0 Å². The van der Waals surface area contributed by atoms with Gasteiger partial charge in [0.05, 0.1) is 23.7 Å². The molecule has 0 bridgehead atoms. The number of hydrogen-bond donors (Lipinski definition) is 4. The lowest BCUT2D eigenvalue weighted by atomic mass is 9.84. The SMILES string of the molecule is CC.CCNCC(=O)N(Cc1ccc(C2CCCCC2)cc1)c1cc(O)c(C(=O)O)cc1F.Fc1c(F)c(F)c(S)c(F)c1F. The van der Waals surface area contributed by atoms with Gasteiger partial charge in [0, 0.05) is 6.07 Å². The number of thiol groups is 1. The lowest BCUT2D eigenvalue weighted by Gasteiger charge is -2.25. The van der Waals surface area contributed by atoms with Crippen LogP contribution in [0.25, 0.3) is 0 Å². The Hall–Kier alpha value is -3.71. The van der Waals surface area contributed by atoms with Crippen LogP contribution in [-0.4, -0.2) is 35.2 Å². The molecule has 1 saturated carbocycles. The van der Waals surface area contributed by atoms with E-state index in [9.17, 15) is 41.0 Å². The Kier molecular flexibility index (Phi) is 14.7. The highest BCUT2D eigenvalue weighted by molar-refractivity contribution is 7.80. The van der Waals surface area contributed by atoms with E-state index < -0.39 is 57.1 Å². The number of amides is 1. The van der Waals surface area contributed by atoms with Crippen LogP contribution in [0.1, 0.15) is 80.3 Å². The average Bonchev–Trinajstić information content (AvgIpc) is 3.06. The summed E-state index contributed by atoms with van der Waals surface area (Å²) in [5.41, 5.74) is 1.41. The molecule has 0 radical (unpaired) electrons. The number of anilines is 1. The van der Waals surface area contributed by atoms with E-state index in [1.165, 1.54) is 42.6 Å². The second-order valence-corrected chi connectivity index (χ2v) is 10.3. The quantitative estimate of drug-likeness (QED) is 0.0850. The highest BCUT2D eigenvalue weighted by Gasteiger charge is 2.25. The summed E-state index contributed by atoms with van der Waals surface area (Å²) in [5, 5.41) is 22.1. The van der Waals surface area contributed by atoms with Crippen LogP contribution in [0.5, 0.6) is 5.75 Å². The molecule has 0 heterocycles. The van der Waals surface area contributed by atoms with Crippen LogP contribution in [0.15, 0.2) is 41.3 Å². The summed E-state index contributed by atoms with van der Waals surface area (Å²) >= 11 is 3.10. The molecule has 45 heavy (non-hydrogen) atoms. The summed E-state index contributed by atoms with van der Waals surface area (Å²) in [6.45, 7) is 6.53. The number of carboxylic acid groups (broad SMARTS) is 1. The predicted octanol–water partition coefficient (Wildman–Crippen LogP) is 8.12. The largest absolute Gasteiger partial charge is 0.507 e. The lowest BCUT2D eigenvalue weighted by molar-refractivity contribution is -0.118. The molecule has 246 valence electrons. The molecule has 3 N–H and O–H groups in total. The number of carbonyl (C=O) groups excluding carboxylic acids is 1. The maximum atomic E-state index is 14.7. The predicted molar refractivity (Wildman–Crippen MR) is 162 cm³/mol. The molecular weight excluding hydrogens is 622 g/mol. The molecule has 3 aromatic rings. The first-order chi connectivity index (χ1) is 21.4. The van der Waals surface area contributed by atoms with E-state index in [0.29, 0.717) is 12.5 Å². The fraction of sp³-hybridized carbons (Fsp3) is 0.375. The second-order valence-electron chi connectivity index (χ2n) is 9.88. The van der Waals surface area contributed by atoms with Crippen molar-refractivity contribution in [2.24, 2.45) is 0 Å². The summed E-state index contributed by atoms with van der Waals surface area (Å²) in [6.07, 6.45) is 6.15. The molecule has 3 aromatic carbocycles. The van der Waals surface area contributed by atoms with E-state index in [1.54, 1.807) is 0 Å². The molecule has 1 amide bonds. The smallest absolute Gasteiger partial charge is 0.339 e. The third kappa shape index (κ3) is 9.64. The van der Waals surface area contributed by atoms with Gasteiger partial charge in [-0.15, -0.1) is 12.6 Å². The van der Waals surface area contributed by atoms with Crippen LogP contribution in [0.4, 0.5) is 32.0 Å². The molecular formula is C32H36F6N2O4S. The van der Waals surface area contributed by atoms with Crippen molar-refractivity contribution in [2.75, 3.05) is 18.0 Å². The third-order valence-corrected chi connectivity index (χ3v) is 7.39. The summed E-state index contributed by atoms with van der Waals surface area (Å²) in [5.74, 6) is -12.7. The zero-order valence-corrected chi connectivity index (χ0v) is 26.0. The summed E-state index contributed by atoms with van der Waals surface area (Å²) in [6, 6.07) is 9.77. The minimum atomic E-state index is -2.18. The van der Waals surface area contributed by atoms with Gasteiger partial charge in [0.25, 0.3) is 0 Å². The minimum absolute atomic E-state index is 0.00244. The Labute approximate surface area is 263 Å². The Morgan fingerprint density at radius 1 is 0.889 bits per heavy atom. The van der Waals surface area contributed by atoms with Gasteiger partial charge in [0.2, 0.25) is 11.7 Å². The van der Waals surface area contributed by atoms with Gasteiger partial charge in [-0.1, -0.05) is 64.3 Å².